The molecule has 2 N–H and O–H groups in total. The second-order valence-corrected chi connectivity index (χ2v) is 6.01. The van der Waals surface area contributed by atoms with Gasteiger partial charge in [-0.3, -0.25) is 9.78 Å². The number of carbonyl (C=O) groups excluding carboxylic acids is 1. The molecule has 1 aromatic carbocycles. The molecule has 0 bridgehead atoms. The molecule has 0 spiro atoms. The molecule has 2 aromatic rings. The Bertz CT molecular complexity index is 643. The lowest BCUT2D eigenvalue weighted by Crippen LogP contribution is -2.42. The lowest BCUT2D eigenvalue weighted by Gasteiger charge is -2.15. The molecule has 1 fully saturated rings. The summed E-state index contributed by atoms with van der Waals surface area (Å²) in [5.74, 6) is 0.951. The maximum Gasteiger partial charge on any atom is 0.237 e. The fraction of sp³-hybridized carbons (Fsp3) is 0.368. The zero-order valence-corrected chi connectivity index (χ0v) is 13.7. The molecular formula is C19H23N3O2. The highest BCUT2D eigenvalue weighted by Gasteiger charge is 2.19. The molecule has 1 atom stereocenters. The summed E-state index contributed by atoms with van der Waals surface area (Å²) in [6.07, 6.45) is 6.57. The normalized spacial score (nSPS) is 17.8. The number of benzene rings is 1. The van der Waals surface area contributed by atoms with Crippen LogP contribution in [0.1, 0.15) is 30.4 Å². The summed E-state index contributed by atoms with van der Waals surface area (Å²) < 4.78 is 5.76. The summed E-state index contributed by atoms with van der Waals surface area (Å²) in [5, 5.41) is 6.29. The Hall–Kier alpha value is -2.40. The molecule has 1 aromatic heterocycles. The molecule has 3 rings (SSSR count). The minimum absolute atomic E-state index is 0.0879. The minimum Gasteiger partial charge on any atom is -0.489 e. The number of rotatable bonds is 6. The van der Waals surface area contributed by atoms with Crippen LogP contribution in [-0.4, -0.2) is 23.5 Å². The van der Waals surface area contributed by atoms with E-state index >= 15 is 0 Å². The molecule has 24 heavy (non-hydrogen) atoms. The summed E-state index contributed by atoms with van der Waals surface area (Å²) in [7, 11) is 0. The number of ether oxygens (including phenoxy) is 1. The number of hydrogen-bond acceptors (Lipinski definition) is 4. The van der Waals surface area contributed by atoms with E-state index in [9.17, 15) is 4.79 Å². The molecule has 0 unspecified atom stereocenters. The molecule has 1 saturated heterocycles. The first-order chi connectivity index (χ1) is 11.8. The molecule has 0 aliphatic carbocycles. The Morgan fingerprint density at radius 3 is 2.67 bits per heavy atom. The molecule has 0 saturated carbocycles. The lowest BCUT2D eigenvalue weighted by atomic mass is 10.1. The highest BCUT2D eigenvalue weighted by atomic mass is 16.5. The number of nitrogens with zero attached hydrogens (tertiary/aromatic N) is 1. The van der Waals surface area contributed by atoms with E-state index in [2.05, 4.69) is 15.6 Å². The Morgan fingerprint density at radius 1 is 1.08 bits per heavy atom. The third-order valence-electron chi connectivity index (χ3n) is 4.17. The van der Waals surface area contributed by atoms with Gasteiger partial charge in [0, 0.05) is 25.5 Å². The molecule has 5 heteroatoms. The van der Waals surface area contributed by atoms with Gasteiger partial charge in [-0.2, -0.15) is 0 Å². The number of amides is 1. The van der Waals surface area contributed by atoms with Crippen LogP contribution in [0.4, 0.5) is 0 Å². The van der Waals surface area contributed by atoms with Crippen LogP contribution in [-0.2, 0) is 17.9 Å². The van der Waals surface area contributed by atoms with Gasteiger partial charge in [-0.05, 0) is 54.7 Å². The summed E-state index contributed by atoms with van der Waals surface area (Å²) >= 11 is 0. The van der Waals surface area contributed by atoms with Gasteiger partial charge in [0.25, 0.3) is 0 Å². The summed E-state index contributed by atoms with van der Waals surface area (Å²) in [6, 6.07) is 11.8. The van der Waals surface area contributed by atoms with Crippen LogP contribution in [0.25, 0.3) is 0 Å². The molecule has 1 aliphatic heterocycles. The van der Waals surface area contributed by atoms with E-state index in [4.69, 9.17) is 4.74 Å². The van der Waals surface area contributed by atoms with Crippen LogP contribution < -0.4 is 15.4 Å². The zero-order chi connectivity index (χ0) is 16.6. The van der Waals surface area contributed by atoms with Crippen molar-refractivity contribution < 1.29 is 9.53 Å². The molecular weight excluding hydrogens is 302 g/mol. The Labute approximate surface area is 142 Å². The molecule has 2 heterocycles. The van der Waals surface area contributed by atoms with E-state index in [-0.39, 0.29) is 11.9 Å². The summed E-state index contributed by atoms with van der Waals surface area (Å²) in [5.41, 5.74) is 2.23. The fourth-order valence-corrected chi connectivity index (χ4v) is 2.72. The maximum atomic E-state index is 11.9. The van der Waals surface area contributed by atoms with Crippen LogP contribution in [0.15, 0.2) is 48.8 Å². The minimum atomic E-state index is -0.0879. The van der Waals surface area contributed by atoms with Crippen molar-refractivity contribution in [3.8, 4) is 5.75 Å². The average molecular weight is 325 g/mol. The van der Waals surface area contributed by atoms with Crippen molar-refractivity contribution in [3.63, 3.8) is 0 Å². The van der Waals surface area contributed by atoms with E-state index in [1.54, 1.807) is 12.4 Å². The monoisotopic (exact) mass is 325 g/mol. The van der Waals surface area contributed by atoms with E-state index in [0.29, 0.717) is 13.2 Å². The lowest BCUT2D eigenvalue weighted by molar-refractivity contribution is -0.122. The van der Waals surface area contributed by atoms with Gasteiger partial charge in [-0.15, -0.1) is 0 Å². The number of aromatic nitrogens is 1. The predicted molar refractivity (Wildman–Crippen MR) is 92.5 cm³/mol. The van der Waals surface area contributed by atoms with Crippen LogP contribution >= 0.6 is 0 Å². The van der Waals surface area contributed by atoms with Gasteiger partial charge in [-0.25, -0.2) is 0 Å². The molecule has 5 nitrogen and oxygen atoms in total. The van der Waals surface area contributed by atoms with E-state index in [1.165, 1.54) is 0 Å². The summed E-state index contributed by atoms with van der Waals surface area (Å²) in [4.78, 5) is 15.9. The van der Waals surface area contributed by atoms with Crippen LogP contribution in [0, 0.1) is 0 Å². The SMILES string of the molecule is O=C1NCCCC[C@H]1NCc1ccc(OCc2ccncc2)cc1. The van der Waals surface area contributed by atoms with Crippen molar-refractivity contribution in [2.75, 3.05) is 6.54 Å². The highest BCUT2D eigenvalue weighted by Crippen LogP contribution is 2.14. The van der Waals surface area contributed by atoms with Crippen molar-refractivity contribution in [1.82, 2.24) is 15.6 Å². The van der Waals surface area contributed by atoms with Gasteiger partial charge in [0.05, 0.1) is 6.04 Å². The van der Waals surface area contributed by atoms with Crippen molar-refractivity contribution >= 4 is 5.91 Å². The van der Waals surface area contributed by atoms with Crippen molar-refractivity contribution in [1.29, 1.82) is 0 Å². The van der Waals surface area contributed by atoms with Crippen LogP contribution in [0.5, 0.6) is 5.75 Å². The van der Waals surface area contributed by atoms with Gasteiger partial charge >= 0.3 is 0 Å². The van der Waals surface area contributed by atoms with E-state index in [0.717, 1.165) is 42.7 Å². The van der Waals surface area contributed by atoms with Gasteiger partial charge in [0.1, 0.15) is 12.4 Å². The Morgan fingerprint density at radius 2 is 1.88 bits per heavy atom. The first-order valence-electron chi connectivity index (χ1n) is 8.43. The number of pyridine rings is 1. The first-order valence-corrected chi connectivity index (χ1v) is 8.43. The summed E-state index contributed by atoms with van der Waals surface area (Å²) in [6.45, 7) is 2.01. The highest BCUT2D eigenvalue weighted by molar-refractivity contribution is 5.81. The topological polar surface area (TPSA) is 63.2 Å². The van der Waals surface area contributed by atoms with Crippen LogP contribution in [0.3, 0.4) is 0 Å². The Kier molecular flexibility index (Phi) is 5.80. The van der Waals surface area contributed by atoms with Crippen molar-refractivity contribution in [2.24, 2.45) is 0 Å². The fourth-order valence-electron chi connectivity index (χ4n) is 2.72. The predicted octanol–water partition coefficient (Wildman–Crippen LogP) is 2.42. The number of carbonyl (C=O) groups is 1. The van der Waals surface area contributed by atoms with Crippen LogP contribution in [0.2, 0.25) is 0 Å². The number of nitrogens with one attached hydrogen (secondary N) is 2. The molecule has 1 aliphatic rings. The van der Waals surface area contributed by atoms with E-state index < -0.39 is 0 Å². The zero-order valence-electron chi connectivity index (χ0n) is 13.7. The second kappa shape index (κ2) is 8.45. The molecule has 1 amide bonds. The van der Waals surface area contributed by atoms with Crippen molar-refractivity contribution in [2.45, 2.75) is 38.5 Å². The average Bonchev–Trinajstić information content (AvgIpc) is 2.84. The number of hydrogen-bond donors (Lipinski definition) is 2. The maximum absolute atomic E-state index is 11.9. The van der Waals surface area contributed by atoms with Gasteiger partial charge < -0.3 is 15.4 Å². The Balaban J connectivity index is 1.48. The van der Waals surface area contributed by atoms with E-state index in [1.807, 2.05) is 36.4 Å². The molecule has 0 radical (unpaired) electrons. The quantitative estimate of drug-likeness (QED) is 0.856. The van der Waals surface area contributed by atoms with Gasteiger partial charge in [0.15, 0.2) is 0 Å². The van der Waals surface area contributed by atoms with Gasteiger partial charge in [0.2, 0.25) is 5.91 Å². The third kappa shape index (κ3) is 4.80. The first kappa shape index (κ1) is 16.5. The standard InChI is InChI=1S/C19H23N3O2/c23-19-18(3-1-2-10-21-19)22-13-15-4-6-17(7-5-15)24-14-16-8-11-20-12-9-16/h4-9,11-12,18,22H,1-3,10,13-14H2,(H,21,23)/t18-/m1/s1. The smallest absolute Gasteiger partial charge is 0.237 e. The second-order valence-electron chi connectivity index (χ2n) is 6.01. The molecule has 126 valence electrons. The van der Waals surface area contributed by atoms with Gasteiger partial charge in [-0.1, -0.05) is 12.1 Å². The third-order valence-corrected chi connectivity index (χ3v) is 4.17. The van der Waals surface area contributed by atoms with Crippen molar-refractivity contribution in [3.05, 3.63) is 59.9 Å². The largest absolute Gasteiger partial charge is 0.489 e.